The Labute approximate surface area is 607 Å². The number of phosphoric acid groups is 2. The summed E-state index contributed by atoms with van der Waals surface area (Å²) < 4.78 is 68.5. The zero-order valence-corrected chi connectivity index (χ0v) is 66.6. The van der Waals surface area contributed by atoms with Gasteiger partial charge in [-0.05, 0) is 37.5 Å². The third-order valence-corrected chi connectivity index (χ3v) is 20.6. The van der Waals surface area contributed by atoms with Gasteiger partial charge < -0.3 is 33.8 Å². The molecule has 3 N–H and O–H groups in total. The van der Waals surface area contributed by atoms with E-state index in [1.54, 1.807) is 0 Å². The van der Waals surface area contributed by atoms with Gasteiger partial charge in [0.25, 0.3) is 0 Å². The van der Waals surface area contributed by atoms with Gasteiger partial charge in [-0.25, -0.2) is 9.13 Å². The first-order chi connectivity index (χ1) is 47.9. The second-order valence-corrected chi connectivity index (χ2v) is 32.7. The van der Waals surface area contributed by atoms with Gasteiger partial charge in [-0.15, -0.1) is 0 Å². The van der Waals surface area contributed by atoms with Crippen LogP contribution in [0.25, 0.3) is 0 Å². The quantitative estimate of drug-likeness (QED) is 0.0222. The van der Waals surface area contributed by atoms with E-state index in [2.05, 4.69) is 41.5 Å². The lowest BCUT2D eigenvalue weighted by Gasteiger charge is -2.21. The maximum absolute atomic E-state index is 13.1. The summed E-state index contributed by atoms with van der Waals surface area (Å²) >= 11 is 0. The van der Waals surface area contributed by atoms with Gasteiger partial charge >= 0.3 is 39.5 Å². The second kappa shape index (κ2) is 71.7. The molecule has 0 aliphatic heterocycles. The first kappa shape index (κ1) is 97.1. The third kappa shape index (κ3) is 74.1. The van der Waals surface area contributed by atoms with Crippen LogP contribution in [0.3, 0.4) is 0 Å². The number of unbranched alkanes of at least 4 members (excludes halogenated alkanes) is 49. The van der Waals surface area contributed by atoms with E-state index >= 15 is 0 Å². The van der Waals surface area contributed by atoms with Crippen molar-refractivity contribution < 1.29 is 80.2 Å². The highest BCUT2D eigenvalue weighted by Crippen LogP contribution is 2.45. The molecule has 5 atom stereocenters. The average molecular weight is 1450 g/mol. The van der Waals surface area contributed by atoms with Crippen LogP contribution in [0.1, 0.15) is 420 Å². The highest BCUT2D eigenvalue weighted by atomic mass is 31.2. The molecular weight excluding hydrogens is 1290 g/mol. The predicted octanol–water partition coefficient (Wildman–Crippen LogP) is 23.9. The van der Waals surface area contributed by atoms with Crippen molar-refractivity contribution in [3.8, 4) is 0 Å². The number of carbonyl (C=O) groups is 4. The van der Waals surface area contributed by atoms with Crippen molar-refractivity contribution in [2.24, 2.45) is 11.8 Å². The molecule has 0 fully saturated rings. The van der Waals surface area contributed by atoms with Crippen molar-refractivity contribution >= 4 is 39.5 Å². The van der Waals surface area contributed by atoms with Crippen LogP contribution >= 0.6 is 15.6 Å². The summed E-state index contributed by atoms with van der Waals surface area (Å²) in [6, 6.07) is 0. The Kier molecular flexibility index (Phi) is 70.3. The van der Waals surface area contributed by atoms with Crippen molar-refractivity contribution in [3.63, 3.8) is 0 Å². The van der Waals surface area contributed by atoms with Gasteiger partial charge in [0.2, 0.25) is 0 Å². The molecule has 0 rings (SSSR count). The summed E-state index contributed by atoms with van der Waals surface area (Å²) in [5, 5.41) is 10.6. The molecule has 0 aromatic carbocycles. The molecule has 0 saturated heterocycles. The van der Waals surface area contributed by atoms with E-state index in [4.69, 9.17) is 37.0 Å². The fraction of sp³-hybridized carbons (Fsp3) is 0.950. The number of rotatable bonds is 79. The fourth-order valence-corrected chi connectivity index (χ4v) is 13.9. The number of hydrogen-bond acceptors (Lipinski definition) is 15. The Morgan fingerprint density at radius 2 is 0.465 bits per heavy atom. The summed E-state index contributed by atoms with van der Waals surface area (Å²) in [6.07, 6.45) is 61.4. The number of aliphatic hydroxyl groups excluding tert-OH is 1. The van der Waals surface area contributed by atoms with Gasteiger partial charge in [0.05, 0.1) is 26.4 Å². The van der Waals surface area contributed by atoms with E-state index in [1.807, 2.05) is 0 Å². The smallest absolute Gasteiger partial charge is 0.462 e. The van der Waals surface area contributed by atoms with Crippen molar-refractivity contribution in [2.75, 3.05) is 39.6 Å². The van der Waals surface area contributed by atoms with E-state index in [9.17, 15) is 43.2 Å². The maximum atomic E-state index is 13.1. The number of carbonyl (C=O) groups excluding carboxylic acids is 4. The van der Waals surface area contributed by atoms with Crippen molar-refractivity contribution in [1.29, 1.82) is 0 Å². The van der Waals surface area contributed by atoms with Crippen LogP contribution in [0, 0.1) is 11.8 Å². The molecule has 0 aromatic rings. The molecule has 0 aliphatic rings. The van der Waals surface area contributed by atoms with Crippen molar-refractivity contribution in [3.05, 3.63) is 0 Å². The summed E-state index contributed by atoms with van der Waals surface area (Å²) in [6.45, 7) is 9.65. The van der Waals surface area contributed by atoms with Gasteiger partial charge in [0.1, 0.15) is 19.3 Å². The highest BCUT2D eigenvalue weighted by molar-refractivity contribution is 7.47. The van der Waals surface area contributed by atoms with E-state index in [0.717, 1.165) is 108 Å². The Bertz CT molecular complexity index is 1910. The molecule has 0 aliphatic carbocycles. The van der Waals surface area contributed by atoms with E-state index < -0.39 is 97.5 Å². The van der Waals surface area contributed by atoms with Crippen molar-refractivity contribution in [1.82, 2.24) is 0 Å². The van der Waals surface area contributed by atoms with Crippen LogP contribution in [0.2, 0.25) is 0 Å². The number of hydrogen-bond donors (Lipinski definition) is 3. The largest absolute Gasteiger partial charge is 0.472 e. The first-order valence-corrected chi connectivity index (χ1v) is 44.5. The highest BCUT2D eigenvalue weighted by Gasteiger charge is 2.30. The van der Waals surface area contributed by atoms with E-state index in [0.29, 0.717) is 25.7 Å². The molecule has 2 unspecified atom stereocenters. The molecule has 588 valence electrons. The molecule has 0 saturated carbocycles. The van der Waals surface area contributed by atoms with Gasteiger partial charge in [0, 0.05) is 25.7 Å². The Morgan fingerprint density at radius 3 is 0.687 bits per heavy atom. The summed E-state index contributed by atoms with van der Waals surface area (Å²) in [4.78, 5) is 72.7. The zero-order valence-electron chi connectivity index (χ0n) is 64.8. The number of aliphatic hydroxyl groups is 1. The minimum atomic E-state index is -4.96. The zero-order chi connectivity index (χ0) is 72.8. The van der Waals surface area contributed by atoms with Crippen LogP contribution in [-0.4, -0.2) is 96.7 Å². The topological polar surface area (TPSA) is 237 Å². The average Bonchev–Trinajstić information content (AvgIpc) is 1.01. The summed E-state index contributed by atoms with van der Waals surface area (Å²) in [7, 11) is -9.91. The summed E-state index contributed by atoms with van der Waals surface area (Å²) in [5.74, 6) is -0.472. The fourth-order valence-electron chi connectivity index (χ4n) is 12.4. The number of esters is 4. The second-order valence-electron chi connectivity index (χ2n) is 29.8. The Hall–Kier alpha value is -1.94. The first-order valence-electron chi connectivity index (χ1n) is 41.5. The standard InChI is InChI=1S/C80H156O17P2/c1-7-9-11-13-15-37-46-52-58-64-79(84)96-75(68-90-77(82)62-56-50-44-16-14-12-10-8-2)70-94-98(86,87)92-66-74(81)67-93-99(88,89)95-71-76(97-80(85)65-59-53-47-41-36-32-28-24-20-18-22-26-30-34-39-43-49-55-61-73(5)6)69-91-78(83)63-57-51-45-40-35-31-27-23-19-17-21-25-29-33-38-42-48-54-60-72(3)4/h72-76,81H,7-71H2,1-6H3,(H,86,87)(H,88,89)/t74-,75+,76+/m0/s1. The SMILES string of the molecule is CCCCCCCCCCCC(=O)O[C@H](COC(=O)CCCCCCCCCC)COP(=O)(O)OC[C@H](O)COP(=O)(O)OC[C@@H](COC(=O)CCCCCCCCCCCCCCCCCCCCC(C)C)OC(=O)CCCCCCCCCCCCCCCCCCCCC(C)C. The van der Waals surface area contributed by atoms with Crippen LogP contribution in [0.15, 0.2) is 0 Å². The maximum Gasteiger partial charge on any atom is 0.472 e. The lowest BCUT2D eigenvalue weighted by molar-refractivity contribution is -0.161. The Morgan fingerprint density at radius 1 is 0.273 bits per heavy atom. The van der Waals surface area contributed by atoms with E-state index in [1.165, 1.54) is 231 Å². The molecule has 0 heterocycles. The minimum Gasteiger partial charge on any atom is -0.462 e. The van der Waals surface area contributed by atoms with Gasteiger partial charge in [-0.2, -0.15) is 0 Å². The van der Waals surface area contributed by atoms with Crippen LogP contribution in [0.4, 0.5) is 0 Å². The molecule has 0 amide bonds. The lowest BCUT2D eigenvalue weighted by Crippen LogP contribution is -2.30. The molecule has 0 radical (unpaired) electrons. The molecule has 0 spiro atoms. The predicted molar refractivity (Wildman–Crippen MR) is 405 cm³/mol. The molecule has 0 bridgehead atoms. The molecular formula is C80H156O17P2. The van der Waals surface area contributed by atoms with Gasteiger partial charge in [0.15, 0.2) is 12.2 Å². The minimum absolute atomic E-state index is 0.106. The van der Waals surface area contributed by atoms with Gasteiger partial charge in [-0.3, -0.25) is 37.3 Å². The number of phosphoric ester groups is 2. The molecule has 0 aromatic heterocycles. The normalized spacial score (nSPS) is 13.9. The van der Waals surface area contributed by atoms with Crippen LogP contribution < -0.4 is 0 Å². The third-order valence-electron chi connectivity index (χ3n) is 18.7. The molecule has 19 heteroatoms. The van der Waals surface area contributed by atoms with Crippen LogP contribution in [-0.2, 0) is 65.4 Å². The molecule has 17 nitrogen and oxygen atoms in total. The monoisotopic (exact) mass is 1450 g/mol. The number of ether oxygens (including phenoxy) is 4. The van der Waals surface area contributed by atoms with Crippen molar-refractivity contribution in [2.45, 2.75) is 439 Å². The summed E-state index contributed by atoms with van der Waals surface area (Å²) in [5.41, 5.74) is 0. The van der Waals surface area contributed by atoms with Crippen LogP contribution in [0.5, 0.6) is 0 Å². The van der Waals surface area contributed by atoms with E-state index in [-0.39, 0.29) is 25.7 Å². The molecule has 99 heavy (non-hydrogen) atoms. The Balaban J connectivity index is 5.13. The lowest BCUT2D eigenvalue weighted by atomic mass is 10.0. The van der Waals surface area contributed by atoms with Gasteiger partial charge in [-0.1, -0.05) is 369 Å².